The summed E-state index contributed by atoms with van der Waals surface area (Å²) in [6, 6.07) is 10.5. The second kappa shape index (κ2) is 8.11. The second-order valence-corrected chi connectivity index (χ2v) is 10.1. The molecular formula is C21H24ClN4O3S+. The van der Waals surface area contributed by atoms with Crippen LogP contribution in [0.3, 0.4) is 0 Å². The van der Waals surface area contributed by atoms with Crippen LogP contribution in [0.4, 0.5) is 0 Å². The summed E-state index contributed by atoms with van der Waals surface area (Å²) in [5.41, 5.74) is 2.06. The van der Waals surface area contributed by atoms with Crippen molar-refractivity contribution in [3.8, 4) is 0 Å². The zero-order valence-electron chi connectivity index (χ0n) is 16.9. The Hall–Kier alpha value is -2.26. The van der Waals surface area contributed by atoms with Crippen LogP contribution in [0.25, 0.3) is 10.9 Å². The summed E-state index contributed by atoms with van der Waals surface area (Å²) in [5.74, 6) is 0.579. The number of aryl methyl sites for hydroxylation is 2. The predicted molar refractivity (Wildman–Crippen MR) is 116 cm³/mol. The first-order valence-electron chi connectivity index (χ1n) is 9.83. The average molecular weight is 448 g/mol. The Balaban J connectivity index is 1.48. The minimum atomic E-state index is -3.52. The number of fused-ring (bicyclic) bond motifs is 1. The molecule has 0 atom stereocenters. The average Bonchev–Trinajstić information content (AvgIpc) is 2.70. The Bertz CT molecular complexity index is 1260. The van der Waals surface area contributed by atoms with Crippen molar-refractivity contribution in [2.24, 2.45) is 0 Å². The lowest BCUT2D eigenvalue weighted by molar-refractivity contribution is -0.917. The van der Waals surface area contributed by atoms with Crippen molar-refractivity contribution in [1.82, 2.24) is 14.3 Å². The third-order valence-corrected chi connectivity index (χ3v) is 7.80. The van der Waals surface area contributed by atoms with Crippen LogP contribution in [0, 0.1) is 13.8 Å². The maximum absolute atomic E-state index is 13.1. The number of aromatic nitrogens is 2. The Morgan fingerprint density at radius 2 is 1.87 bits per heavy atom. The quantitative estimate of drug-likeness (QED) is 0.630. The van der Waals surface area contributed by atoms with Crippen molar-refractivity contribution in [1.29, 1.82) is 0 Å². The van der Waals surface area contributed by atoms with Crippen molar-refractivity contribution < 1.29 is 13.3 Å². The van der Waals surface area contributed by atoms with E-state index in [2.05, 4.69) is 9.97 Å². The van der Waals surface area contributed by atoms with Gasteiger partial charge in [0.05, 0.1) is 42.0 Å². The number of H-pyrrole nitrogens is 1. The van der Waals surface area contributed by atoms with Gasteiger partial charge in [-0.2, -0.15) is 4.31 Å². The highest BCUT2D eigenvalue weighted by molar-refractivity contribution is 7.89. The van der Waals surface area contributed by atoms with Gasteiger partial charge in [-0.1, -0.05) is 23.7 Å². The highest BCUT2D eigenvalue weighted by Gasteiger charge is 2.31. The number of quaternary nitrogens is 1. The van der Waals surface area contributed by atoms with Crippen molar-refractivity contribution in [2.75, 3.05) is 26.2 Å². The minimum Gasteiger partial charge on any atom is -0.326 e. The van der Waals surface area contributed by atoms with E-state index in [0.717, 1.165) is 11.1 Å². The summed E-state index contributed by atoms with van der Waals surface area (Å²) in [5, 5.41) is 1.03. The summed E-state index contributed by atoms with van der Waals surface area (Å²) in [6.45, 7) is 6.37. The summed E-state index contributed by atoms with van der Waals surface area (Å²) < 4.78 is 27.7. The number of hydrogen-bond donors (Lipinski definition) is 2. The molecule has 9 heteroatoms. The van der Waals surface area contributed by atoms with E-state index in [-0.39, 0.29) is 5.56 Å². The van der Waals surface area contributed by atoms with E-state index in [1.54, 1.807) is 28.6 Å². The van der Waals surface area contributed by atoms with Crippen LogP contribution in [0.2, 0.25) is 5.02 Å². The topological polar surface area (TPSA) is 87.6 Å². The largest absolute Gasteiger partial charge is 0.326 e. The van der Waals surface area contributed by atoms with Crippen LogP contribution in [0.5, 0.6) is 0 Å². The molecule has 0 bridgehead atoms. The second-order valence-electron chi connectivity index (χ2n) is 7.77. The van der Waals surface area contributed by atoms with E-state index < -0.39 is 10.0 Å². The number of hydrogen-bond acceptors (Lipinski definition) is 4. The summed E-state index contributed by atoms with van der Waals surface area (Å²) in [6.07, 6.45) is 0. The molecule has 4 rings (SSSR count). The third kappa shape index (κ3) is 4.13. The van der Waals surface area contributed by atoms with E-state index in [9.17, 15) is 13.2 Å². The predicted octanol–water partition coefficient (Wildman–Crippen LogP) is 1.28. The fourth-order valence-electron chi connectivity index (χ4n) is 3.83. The van der Waals surface area contributed by atoms with Gasteiger partial charge in [-0.25, -0.2) is 13.4 Å². The monoisotopic (exact) mass is 447 g/mol. The minimum absolute atomic E-state index is 0.192. The van der Waals surface area contributed by atoms with Crippen LogP contribution in [0.1, 0.15) is 17.0 Å². The van der Waals surface area contributed by atoms with Crippen LogP contribution in [0.15, 0.2) is 46.1 Å². The molecule has 30 heavy (non-hydrogen) atoms. The number of piperazine rings is 1. The molecule has 1 aliphatic rings. The van der Waals surface area contributed by atoms with E-state index in [0.29, 0.717) is 59.4 Å². The Labute approximate surface area is 180 Å². The van der Waals surface area contributed by atoms with Crippen molar-refractivity contribution in [2.45, 2.75) is 25.3 Å². The fraction of sp³-hybridized carbons (Fsp3) is 0.333. The molecule has 2 aromatic carbocycles. The molecule has 0 unspecified atom stereocenters. The third-order valence-electron chi connectivity index (χ3n) is 5.53. The molecule has 1 aromatic heterocycles. The van der Waals surface area contributed by atoms with Gasteiger partial charge in [0.15, 0.2) is 5.82 Å². The molecule has 2 N–H and O–H groups in total. The molecule has 1 saturated heterocycles. The number of rotatable bonds is 4. The number of nitrogens with zero attached hydrogens (tertiary/aromatic N) is 2. The number of benzene rings is 2. The maximum atomic E-state index is 13.1. The van der Waals surface area contributed by atoms with Crippen LogP contribution < -0.4 is 10.5 Å². The number of halogens is 1. The van der Waals surface area contributed by atoms with Crippen molar-refractivity contribution in [3.05, 3.63) is 68.7 Å². The lowest BCUT2D eigenvalue weighted by Crippen LogP contribution is -3.13. The highest BCUT2D eigenvalue weighted by atomic mass is 35.5. The smallest absolute Gasteiger partial charge is 0.258 e. The van der Waals surface area contributed by atoms with E-state index in [1.807, 2.05) is 26.0 Å². The summed E-state index contributed by atoms with van der Waals surface area (Å²) in [4.78, 5) is 21.2. The Kier molecular flexibility index (Phi) is 5.67. The van der Waals surface area contributed by atoms with E-state index in [1.165, 1.54) is 4.90 Å². The van der Waals surface area contributed by atoms with Gasteiger partial charge >= 0.3 is 0 Å². The van der Waals surface area contributed by atoms with Gasteiger partial charge < -0.3 is 9.88 Å². The molecule has 7 nitrogen and oxygen atoms in total. The van der Waals surface area contributed by atoms with Gasteiger partial charge in [0, 0.05) is 5.02 Å². The zero-order chi connectivity index (χ0) is 21.5. The first-order valence-corrected chi connectivity index (χ1v) is 11.7. The molecule has 0 aliphatic carbocycles. The maximum Gasteiger partial charge on any atom is 0.258 e. The van der Waals surface area contributed by atoms with Crippen LogP contribution in [-0.4, -0.2) is 48.9 Å². The lowest BCUT2D eigenvalue weighted by atomic mass is 10.2. The molecule has 158 valence electrons. The standard InChI is InChI=1S/C21H23ClN4O3S/c1-14-3-4-15(2)19(11-14)30(28,29)26-9-7-25(8-10-26)13-20-23-18-12-16(22)5-6-17(18)21(27)24-20/h3-6,11-12H,7-10,13H2,1-2H3,(H,23,24,27)/p+1. The molecule has 0 amide bonds. The van der Waals surface area contributed by atoms with Gasteiger partial charge in [0.1, 0.15) is 6.54 Å². The van der Waals surface area contributed by atoms with Gasteiger partial charge in [-0.3, -0.25) is 4.79 Å². The SMILES string of the molecule is Cc1ccc(C)c(S(=O)(=O)N2CC[NH+](Cc3nc4cc(Cl)ccc4c(=O)[nH]3)CC2)c1. The Morgan fingerprint density at radius 1 is 1.13 bits per heavy atom. The molecule has 2 heterocycles. The molecular weight excluding hydrogens is 424 g/mol. The molecule has 1 fully saturated rings. The highest BCUT2D eigenvalue weighted by Crippen LogP contribution is 2.21. The molecule has 0 saturated carbocycles. The van der Waals surface area contributed by atoms with Crippen molar-refractivity contribution in [3.63, 3.8) is 0 Å². The van der Waals surface area contributed by atoms with E-state index >= 15 is 0 Å². The van der Waals surface area contributed by atoms with Crippen LogP contribution >= 0.6 is 11.6 Å². The lowest BCUT2D eigenvalue weighted by Gasteiger charge is -2.31. The van der Waals surface area contributed by atoms with Gasteiger partial charge in [-0.15, -0.1) is 0 Å². The van der Waals surface area contributed by atoms with Crippen molar-refractivity contribution >= 4 is 32.5 Å². The normalized spacial score (nSPS) is 16.2. The zero-order valence-corrected chi connectivity index (χ0v) is 18.5. The summed E-state index contributed by atoms with van der Waals surface area (Å²) >= 11 is 6.03. The molecule has 0 radical (unpaired) electrons. The van der Waals surface area contributed by atoms with Crippen LogP contribution in [-0.2, 0) is 16.6 Å². The van der Waals surface area contributed by atoms with E-state index in [4.69, 9.17) is 11.6 Å². The van der Waals surface area contributed by atoms with Gasteiger partial charge in [0.2, 0.25) is 10.0 Å². The number of sulfonamides is 1. The molecule has 1 aliphatic heterocycles. The number of nitrogens with one attached hydrogen (secondary N) is 2. The number of aromatic amines is 1. The van der Waals surface area contributed by atoms with Gasteiger partial charge in [-0.05, 0) is 49.2 Å². The Morgan fingerprint density at radius 3 is 2.60 bits per heavy atom. The first kappa shape index (κ1) is 21.0. The molecule has 3 aromatic rings. The first-order chi connectivity index (χ1) is 14.2. The van der Waals surface area contributed by atoms with Gasteiger partial charge in [0.25, 0.3) is 5.56 Å². The summed E-state index contributed by atoms with van der Waals surface area (Å²) in [7, 11) is -3.52. The molecule has 0 spiro atoms. The fourth-order valence-corrected chi connectivity index (χ4v) is 5.74.